The van der Waals surface area contributed by atoms with Crippen LogP contribution in [0.2, 0.25) is 0 Å². The molecule has 1 rings (SSSR count). The van der Waals surface area contributed by atoms with Gasteiger partial charge < -0.3 is 20.5 Å². The van der Waals surface area contributed by atoms with Crippen LogP contribution in [0.5, 0.6) is 5.75 Å². The summed E-state index contributed by atoms with van der Waals surface area (Å²) >= 11 is 0. The Kier molecular flexibility index (Phi) is 7.89. The summed E-state index contributed by atoms with van der Waals surface area (Å²) in [5.41, 5.74) is 6.50. The van der Waals surface area contributed by atoms with E-state index in [1.54, 1.807) is 19.1 Å². The van der Waals surface area contributed by atoms with Gasteiger partial charge in [0.15, 0.2) is 6.61 Å². The largest absolute Gasteiger partial charge is 0.484 e. The predicted octanol–water partition coefficient (Wildman–Crippen LogP) is 0.984. The van der Waals surface area contributed by atoms with Crippen molar-refractivity contribution in [2.45, 2.75) is 26.3 Å². The van der Waals surface area contributed by atoms with Crippen LogP contribution in [0.15, 0.2) is 24.3 Å². The van der Waals surface area contributed by atoms with Gasteiger partial charge in [0.2, 0.25) is 0 Å². The number of carbonyl (C=O) groups excluding carboxylic acids is 2. The van der Waals surface area contributed by atoms with Gasteiger partial charge in [0.25, 0.3) is 5.91 Å². The molecule has 0 aliphatic heterocycles. The molecule has 1 aromatic rings. The van der Waals surface area contributed by atoms with Gasteiger partial charge in [0.05, 0.1) is 6.61 Å². The Morgan fingerprint density at radius 2 is 1.95 bits per heavy atom. The Bertz CT molecular complexity index is 445. The van der Waals surface area contributed by atoms with Gasteiger partial charge in [0.1, 0.15) is 5.75 Å². The van der Waals surface area contributed by atoms with Crippen LogP contribution in [-0.2, 0) is 20.9 Å². The lowest BCUT2D eigenvalue weighted by atomic mass is 10.2. The Labute approximate surface area is 124 Å². The molecular weight excluding hydrogens is 272 g/mol. The average Bonchev–Trinajstić information content (AvgIpc) is 2.50. The van der Waals surface area contributed by atoms with Gasteiger partial charge in [0, 0.05) is 19.5 Å². The van der Waals surface area contributed by atoms with Crippen LogP contribution in [0.3, 0.4) is 0 Å². The number of nitrogens with one attached hydrogen (secondary N) is 1. The van der Waals surface area contributed by atoms with Crippen molar-refractivity contribution >= 4 is 11.9 Å². The van der Waals surface area contributed by atoms with E-state index in [4.69, 9.17) is 15.2 Å². The molecule has 116 valence electrons. The molecule has 0 spiro atoms. The summed E-state index contributed by atoms with van der Waals surface area (Å²) in [4.78, 5) is 22.6. The third kappa shape index (κ3) is 7.31. The minimum absolute atomic E-state index is 0.0542. The third-order valence-corrected chi connectivity index (χ3v) is 2.71. The number of nitrogens with two attached hydrogens (primary N) is 1. The monoisotopic (exact) mass is 294 g/mol. The summed E-state index contributed by atoms with van der Waals surface area (Å²) in [6, 6.07) is 7.26. The van der Waals surface area contributed by atoms with E-state index in [0.29, 0.717) is 38.3 Å². The number of esters is 1. The van der Waals surface area contributed by atoms with Crippen molar-refractivity contribution in [3.63, 3.8) is 0 Å². The van der Waals surface area contributed by atoms with Crippen LogP contribution in [0, 0.1) is 0 Å². The molecule has 0 heterocycles. The van der Waals surface area contributed by atoms with Crippen molar-refractivity contribution in [3.05, 3.63) is 29.8 Å². The standard InChI is InChI=1S/C15H22N2O4/c1-2-20-15(19)4-3-9-17-14(18)11-21-13-7-5-12(10-16)6-8-13/h5-8H,2-4,9-11,16H2,1H3,(H,17,18). The second-order valence-electron chi connectivity index (χ2n) is 4.40. The van der Waals surface area contributed by atoms with Crippen molar-refractivity contribution < 1.29 is 19.1 Å². The van der Waals surface area contributed by atoms with Crippen LogP contribution in [0.4, 0.5) is 0 Å². The lowest BCUT2D eigenvalue weighted by Crippen LogP contribution is -2.30. The van der Waals surface area contributed by atoms with E-state index in [1.807, 2.05) is 12.1 Å². The highest BCUT2D eigenvalue weighted by Crippen LogP contribution is 2.11. The van der Waals surface area contributed by atoms with Crippen LogP contribution in [0.1, 0.15) is 25.3 Å². The van der Waals surface area contributed by atoms with Gasteiger partial charge in [-0.2, -0.15) is 0 Å². The molecule has 1 aromatic carbocycles. The molecular formula is C15H22N2O4. The summed E-state index contributed by atoms with van der Waals surface area (Å²) in [6.07, 6.45) is 0.852. The maximum Gasteiger partial charge on any atom is 0.305 e. The second kappa shape index (κ2) is 9.77. The maximum atomic E-state index is 11.5. The number of carbonyl (C=O) groups is 2. The van der Waals surface area contributed by atoms with Crippen molar-refractivity contribution in [2.75, 3.05) is 19.8 Å². The lowest BCUT2D eigenvalue weighted by Gasteiger charge is -2.08. The molecule has 0 fully saturated rings. The molecule has 0 unspecified atom stereocenters. The molecule has 21 heavy (non-hydrogen) atoms. The van der Waals surface area contributed by atoms with Gasteiger partial charge in [-0.25, -0.2) is 0 Å². The Hall–Kier alpha value is -2.08. The molecule has 6 heteroatoms. The number of rotatable bonds is 9. The highest BCUT2D eigenvalue weighted by Gasteiger charge is 2.04. The highest BCUT2D eigenvalue weighted by atomic mass is 16.5. The van der Waals surface area contributed by atoms with Gasteiger partial charge in [-0.1, -0.05) is 12.1 Å². The first-order valence-electron chi connectivity index (χ1n) is 6.99. The van der Waals surface area contributed by atoms with Gasteiger partial charge in [-0.05, 0) is 31.0 Å². The van der Waals surface area contributed by atoms with Crippen molar-refractivity contribution in [3.8, 4) is 5.75 Å². The first-order chi connectivity index (χ1) is 10.2. The van der Waals surface area contributed by atoms with Crippen molar-refractivity contribution in [1.82, 2.24) is 5.32 Å². The van der Waals surface area contributed by atoms with Crippen LogP contribution >= 0.6 is 0 Å². The van der Waals surface area contributed by atoms with Crippen LogP contribution < -0.4 is 15.8 Å². The van der Waals surface area contributed by atoms with E-state index < -0.39 is 0 Å². The Morgan fingerprint density at radius 3 is 2.57 bits per heavy atom. The molecule has 6 nitrogen and oxygen atoms in total. The highest BCUT2D eigenvalue weighted by molar-refractivity contribution is 5.77. The predicted molar refractivity (Wildman–Crippen MR) is 78.7 cm³/mol. The summed E-state index contributed by atoms with van der Waals surface area (Å²) in [5.74, 6) is 0.152. The van der Waals surface area contributed by atoms with Gasteiger partial charge >= 0.3 is 5.97 Å². The van der Waals surface area contributed by atoms with Crippen LogP contribution in [0.25, 0.3) is 0 Å². The number of benzene rings is 1. The molecule has 3 N–H and O–H groups in total. The quantitative estimate of drug-likeness (QED) is 0.523. The molecule has 0 bridgehead atoms. The zero-order valence-electron chi connectivity index (χ0n) is 12.3. The molecule has 1 amide bonds. The molecule has 0 aliphatic rings. The first-order valence-corrected chi connectivity index (χ1v) is 6.99. The minimum Gasteiger partial charge on any atom is -0.484 e. The number of hydrogen-bond acceptors (Lipinski definition) is 5. The Morgan fingerprint density at radius 1 is 1.24 bits per heavy atom. The average molecular weight is 294 g/mol. The SMILES string of the molecule is CCOC(=O)CCCNC(=O)COc1ccc(CN)cc1. The lowest BCUT2D eigenvalue weighted by molar-refractivity contribution is -0.143. The van der Waals surface area contributed by atoms with E-state index in [-0.39, 0.29) is 18.5 Å². The van der Waals surface area contributed by atoms with E-state index in [1.165, 1.54) is 0 Å². The topological polar surface area (TPSA) is 90.6 Å². The molecule has 0 aromatic heterocycles. The van der Waals surface area contributed by atoms with Gasteiger partial charge in [-0.15, -0.1) is 0 Å². The second-order valence-corrected chi connectivity index (χ2v) is 4.40. The van der Waals surface area contributed by atoms with Crippen molar-refractivity contribution in [2.24, 2.45) is 5.73 Å². The fourth-order valence-corrected chi connectivity index (χ4v) is 1.62. The zero-order valence-corrected chi connectivity index (χ0v) is 12.3. The fraction of sp³-hybridized carbons (Fsp3) is 0.467. The molecule has 0 saturated carbocycles. The van der Waals surface area contributed by atoms with Gasteiger partial charge in [-0.3, -0.25) is 9.59 Å². The number of ether oxygens (including phenoxy) is 2. The summed E-state index contributed by atoms with van der Waals surface area (Å²) in [6.45, 7) is 2.98. The molecule has 0 atom stereocenters. The summed E-state index contributed by atoms with van der Waals surface area (Å²) in [5, 5.41) is 2.68. The third-order valence-electron chi connectivity index (χ3n) is 2.71. The van der Waals surface area contributed by atoms with E-state index >= 15 is 0 Å². The molecule has 0 radical (unpaired) electrons. The summed E-state index contributed by atoms with van der Waals surface area (Å²) in [7, 11) is 0. The zero-order chi connectivity index (χ0) is 15.5. The Balaban J connectivity index is 2.14. The smallest absolute Gasteiger partial charge is 0.305 e. The fourth-order valence-electron chi connectivity index (χ4n) is 1.62. The number of hydrogen-bond donors (Lipinski definition) is 2. The van der Waals surface area contributed by atoms with E-state index in [2.05, 4.69) is 5.32 Å². The van der Waals surface area contributed by atoms with Crippen LogP contribution in [-0.4, -0.2) is 31.6 Å². The van der Waals surface area contributed by atoms with E-state index in [9.17, 15) is 9.59 Å². The maximum absolute atomic E-state index is 11.5. The summed E-state index contributed by atoms with van der Waals surface area (Å²) < 4.78 is 10.1. The first kappa shape index (κ1) is 17.0. The molecule has 0 saturated heterocycles. The normalized spacial score (nSPS) is 10.0. The number of amides is 1. The van der Waals surface area contributed by atoms with Crippen molar-refractivity contribution in [1.29, 1.82) is 0 Å². The van der Waals surface area contributed by atoms with E-state index in [0.717, 1.165) is 5.56 Å². The minimum atomic E-state index is -0.247. The molecule has 0 aliphatic carbocycles.